The van der Waals surface area contributed by atoms with Crippen molar-refractivity contribution in [1.82, 2.24) is 0 Å². The van der Waals surface area contributed by atoms with E-state index < -0.39 is 14.0 Å². The van der Waals surface area contributed by atoms with Crippen LogP contribution < -0.4 is 5.19 Å². The van der Waals surface area contributed by atoms with Gasteiger partial charge in [-0.05, 0) is 17.7 Å². The van der Waals surface area contributed by atoms with Gasteiger partial charge in [-0.25, -0.2) is 0 Å². The van der Waals surface area contributed by atoms with Crippen LogP contribution in [-0.2, 0) is 20.7 Å². The van der Waals surface area contributed by atoms with Crippen molar-refractivity contribution in [3.05, 3.63) is 18.1 Å². The second-order valence-corrected chi connectivity index (χ2v) is 10.3. The number of esters is 1. The highest BCUT2D eigenvalue weighted by Gasteiger charge is 2.23. The van der Waals surface area contributed by atoms with Crippen molar-refractivity contribution in [2.45, 2.75) is 39.4 Å². The summed E-state index contributed by atoms with van der Waals surface area (Å²) in [5.41, 5.74) is 0.906. The molecule has 0 unspecified atom stereocenters. The number of hydrogen-bond donors (Lipinski definition) is 0. The Morgan fingerprint density at radius 3 is 2.50 bits per heavy atom. The lowest BCUT2D eigenvalue weighted by Crippen LogP contribution is -2.39. The Morgan fingerprint density at radius 1 is 1.28 bits per heavy atom. The van der Waals surface area contributed by atoms with Crippen molar-refractivity contribution in [1.29, 1.82) is 0 Å². The van der Waals surface area contributed by atoms with E-state index in [0.29, 0.717) is 6.61 Å². The third kappa shape index (κ3) is 4.14. The molecule has 0 fully saturated rings. The number of carbonyl (C=O) groups is 2. The molecule has 1 aromatic heterocycles. The van der Waals surface area contributed by atoms with Crippen LogP contribution in [0.5, 0.6) is 0 Å². The van der Waals surface area contributed by atoms with Crippen molar-refractivity contribution < 1.29 is 18.7 Å². The summed E-state index contributed by atoms with van der Waals surface area (Å²) >= 11 is 0. The molecule has 0 bridgehead atoms. The van der Waals surface area contributed by atoms with Crippen LogP contribution in [0, 0.1) is 0 Å². The zero-order valence-corrected chi connectivity index (χ0v) is 12.4. The van der Waals surface area contributed by atoms with E-state index in [1.807, 2.05) is 0 Å². The fourth-order valence-corrected chi connectivity index (χ4v) is 3.30. The molecule has 0 aliphatic carbocycles. The molecule has 0 aliphatic rings. The Morgan fingerprint density at radius 2 is 1.94 bits per heavy atom. The van der Waals surface area contributed by atoms with Crippen LogP contribution >= 0.6 is 0 Å². The van der Waals surface area contributed by atoms with Crippen molar-refractivity contribution in [3.8, 4) is 0 Å². The molecule has 1 heterocycles. The van der Waals surface area contributed by atoms with E-state index in [4.69, 9.17) is 9.15 Å². The van der Waals surface area contributed by atoms with Gasteiger partial charge >= 0.3 is 5.97 Å². The predicted molar refractivity (Wildman–Crippen MR) is 71.6 cm³/mol. The number of ether oxygens (including phenoxy) is 1. The van der Waals surface area contributed by atoms with Crippen LogP contribution in [0.15, 0.2) is 16.9 Å². The zero-order chi connectivity index (χ0) is 13.8. The van der Waals surface area contributed by atoms with Gasteiger partial charge in [-0.1, -0.05) is 19.6 Å². The average molecular weight is 268 g/mol. The van der Waals surface area contributed by atoms with E-state index in [-0.39, 0.29) is 18.6 Å². The Hall–Kier alpha value is -1.36. The summed E-state index contributed by atoms with van der Waals surface area (Å²) in [6.45, 7) is 8.60. The zero-order valence-electron chi connectivity index (χ0n) is 11.4. The number of rotatable bonds is 6. The summed E-state index contributed by atoms with van der Waals surface area (Å²) < 4.78 is 9.95. The molecule has 100 valence electrons. The normalized spacial score (nSPS) is 11.3. The Balaban J connectivity index is 2.66. The van der Waals surface area contributed by atoms with Crippen molar-refractivity contribution >= 4 is 25.0 Å². The highest BCUT2D eigenvalue weighted by atomic mass is 28.3. The predicted octanol–water partition coefficient (Wildman–Crippen LogP) is 1.89. The minimum Gasteiger partial charge on any atom is -0.472 e. The summed E-state index contributed by atoms with van der Waals surface area (Å²) in [7, 11) is -1.51. The first-order chi connectivity index (χ1) is 8.34. The summed E-state index contributed by atoms with van der Waals surface area (Å²) in [5.74, 6) is -0.588. The number of carbonyl (C=O) groups excluding carboxylic acids is 2. The minimum absolute atomic E-state index is 0.130. The smallest absolute Gasteiger partial charge is 0.313 e. The summed E-state index contributed by atoms with van der Waals surface area (Å²) in [6.07, 6.45) is 3.41. The molecule has 1 aromatic rings. The van der Waals surface area contributed by atoms with Crippen molar-refractivity contribution in [2.75, 3.05) is 6.61 Å². The second kappa shape index (κ2) is 6.00. The standard InChI is InChI=1S/C13H20O4Si/c1-5-17-13(15)7-11(14)6-10-8-16-9-12(10)18(2,3)4/h8-9H,5-7H2,1-4H3. The van der Waals surface area contributed by atoms with Crippen LogP contribution in [0.4, 0.5) is 0 Å². The van der Waals surface area contributed by atoms with Gasteiger partial charge in [0.25, 0.3) is 0 Å². The van der Waals surface area contributed by atoms with Gasteiger partial charge in [-0.15, -0.1) is 0 Å². The second-order valence-electron chi connectivity index (χ2n) is 5.26. The first kappa shape index (κ1) is 14.7. The highest BCUT2D eigenvalue weighted by Crippen LogP contribution is 2.10. The average Bonchev–Trinajstić information content (AvgIpc) is 2.64. The van der Waals surface area contributed by atoms with Crippen LogP contribution in [0.3, 0.4) is 0 Å². The van der Waals surface area contributed by atoms with Gasteiger partial charge in [0.2, 0.25) is 0 Å². The van der Waals surface area contributed by atoms with Gasteiger partial charge in [0.15, 0.2) is 0 Å². The van der Waals surface area contributed by atoms with Gasteiger partial charge in [-0.3, -0.25) is 9.59 Å². The molecule has 0 amide bonds. The fraction of sp³-hybridized carbons (Fsp3) is 0.538. The lowest BCUT2D eigenvalue weighted by Gasteiger charge is -2.15. The molecule has 0 radical (unpaired) electrons. The Labute approximate surface area is 108 Å². The molecule has 0 atom stereocenters. The molecular formula is C13H20O4Si. The quantitative estimate of drug-likeness (QED) is 0.449. The molecule has 0 saturated carbocycles. The van der Waals surface area contributed by atoms with Crippen LogP contribution in [0.2, 0.25) is 19.6 Å². The van der Waals surface area contributed by atoms with E-state index >= 15 is 0 Å². The summed E-state index contributed by atoms with van der Waals surface area (Å²) in [5, 5.41) is 1.14. The number of Topliss-reactive ketones (excluding diaryl/α,β-unsaturated/α-hetero) is 1. The Bertz CT molecular complexity index is 428. The van der Waals surface area contributed by atoms with Crippen LogP contribution in [0.25, 0.3) is 0 Å². The van der Waals surface area contributed by atoms with E-state index in [9.17, 15) is 9.59 Å². The molecule has 18 heavy (non-hydrogen) atoms. The molecule has 5 heteroatoms. The molecule has 0 N–H and O–H groups in total. The highest BCUT2D eigenvalue weighted by molar-refractivity contribution is 6.89. The fourth-order valence-electron chi connectivity index (χ4n) is 1.77. The molecule has 0 saturated heterocycles. The molecule has 0 aliphatic heterocycles. The van der Waals surface area contributed by atoms with Crippen LogP contribution in [0.1, 0.15) is 18.9 Å². The SMILES string of the molecule is CCOC(=O)CC(=O)Cc1cocc1[Si](C)(C)C. The third-order valence-electron chi connectivity index (χ3n) is 2.58. The lowest BCUT2D eigenvalue weighted by atomic mass is 10.1. The van der Waals surface area contributed by atoms with E-state index in [2.05, 4.69) is 19.6 Å². The van der Waals surface area contributed by atoms with E-state index in [1.165, 1.54) is 0 Å². The topological polar surface area (TPSA) is 56.5 Å². The van der Waals surface area contributed by atoms with Crippen molar-refractivity contribution in [2.24, 2.45) is 0 Å². The number of hydrogen-bond acceptors (Lipinski definition) is 4. The van der Waals surface area contributed by atoms with E-state index in [0.717, 1.165) is 10.8 Å². The van der Waals surface area contributed by atoms with Gasteiger partial charge in [0.1, 0.15) is 12.2 Å². The van der Waals surface area contributed by atoms with Gasteiger partial charge < -0.3 is 9.15 Å². The monoisotopic (exact) mass is 268 g/mol. The van der Waals surface area contributed by atoms with Gasteiger partial charge in [-0.2, -0.15) is 0 Å². The number of furan rings is 1. The first-order valence-electron chi connectivity index (χ1n) is 6.07. The number of ketones is 1. The van der Waals surface area contributed by atoms with Gasteiger partial charge in [0, 0.05) is 6.42 Å². The third-order valence-corrected chi connectivity index (χ3v) is 4.64. The maximum absolute atomic E-state index is 11.7. The van der Waals surface area contributed by atoms with Crippen molar-refractivity contribution in [3.63, 3.8) is 0 Å². The minimum atomic E-state index is -1.51. The maximum atomic E-state index is 11.7. The summed E-state index contributed by atoms with van der Waals surface area (Å²) in [6, 6.07) is 0. The lowest BCUT2D eigenvalue weighted by molar-refractivity contribution is -0.145. The molecular weight excluding hydrogens is 248 g/mol. The Kier molecular flexibility index (Phi) is 4.90. The van der Waals surface area contributed by atoms with Gasteiger partial charge in [0.05, 0.1) is 27.2 Å². The van der Waals surface area contributed by atoms with E-state index in [1.54, 1.807) is 19.5 Å². The molecule has 4 nitrogen and oxygen atoms in total. The largest absolute Gasteiger partial charge is 0.472 e. The first-order valence-corrected chi connectivity index (χ1v) is 9.57. The molecule has 0 aromatic carbocycles. The van der Waals surface area contributed by atoms with Crippen LogP contribution in [-0.4, -0.2) is 26.4 Å². The summed E-state index contributed by atoms with van der Waals surface area (Å²) in [4.78, 5) is 23.0. The molecule has 0 spiro atoms. The molecule has 1 rings (SSSR count). The maximum Gasteiger partial charge on any atom is 0.313 e.